The Balaban J connectivity index is 2.47. The van der Waals surface area contributed by atoms with E-state index in [-0.39, 0.29) is 6.04 Å². The average Bonchev–Trinajstić information content (AvgIpc) is 2.74. The molecule has 0 aliphatic heterocycles. The summed E-state index contributed by atoms with van der Waals surface area (Å²) in [4.78, 5) is 0. The molecule has 5 heteroatoms. The summed E-state index contributed by atoms with van der Waals surface area (Å²) in [5.41, 5.74) is 0.838. The fourth-order valence-corrected chi connectivity index (χ4v) is 2.75. The molecule has 2 aromatic rings. The lowest BCUT2D eigenvalue weighted by Gasteiger charge is -2.18. The lowest BCUT2D eigenvalue weighted by molar-refractivity contribution is 0.437. The topological polar surface area (TPSA) is 25.2 Å². The molecule has 0 saturated heterocycles. The highest BCUT2D eigenvalue weighted by Gasteiger charge is 2.21. The third-order valence-electron chi connectivity index (χ3n) is 2.58. The number of halogens is 3. The van der Waals surface area contributed by atoms with E-state index in [1.807, 2.05) is 37.3 Å². The van der Waals surface area contributed by atoms with E-state index in [1.54, 1.807) is 0 Å². The Hall–Kier alpha value is -0.480. The second-order valence-corrected chi connectivity index (χ2v) is 5.36. The fourth-order valence-electron chi connectivity index (χ4n) is 1.82. The molecule has 0 aliphatic rings. The SMILES string of the molecule is CCNC(c1ccc(Br)o1)c1c(Cl)cccc1Cl. The normalized spacial score (nSPS) is 12.7. The third kappa shape index (κ3) is 2.91. The Morgan fingerprint density at radius 1 is 1.22 bits per heavy atom. The van der Waals surface area contributed by atoms with Crippen LogP contribution in [0.1, 0.15) is 24.3 Å². The molecule has 0 fully saturated rings. The van der Waals surface area contributed by atoms with Gasteiger partial charge in [-0.3, -0.25) is 0 Å². The predicted molar refractivity (Wildman–Crippen MR) is 78.4 cm³/mol. The quantitative estimate of drug-likeness (QED) is 0.836. The van der Waals surface area contributed by atoms with Crippen molar-refractivity contribution in [2.45, 2.75) is 13.0 Å². The highest BCUT2D eigenvalue weighted by atomic mass is 79.9. The Kier molecular flexibility index (Phi) is 4.73. The molecule has 1 heterocycles. The molecule has 1 aromatic heterocycles. The van der Waals surface area contributed by atoms with Crippen LogP contribution in [0.5, 0.6) is 0 Å². The number of hydrogen-bond acceptors (Lipinski definition) is 2. The summed E-state index contributed by atoms with van der Waals surface area (Å²) in [7, 11) is 0. The molecular formula is C13H12BrCl2NO. The summed E-state index contributed by atoms with van der Waals surface area (Å²) in [5, 5.41) is 4.58. The first kappa shape index (κ1) is 13.9. The van der Waals surface area contributed by atoms with Gasteiger partial charge in [-0.2, -0.15) is 0 Å². The van der Waals surface area contributed by atoms with Gasteiger partial charge >= 0.3 is 0 Å². The van der Waals surface area contributed by atoms with Crippen molar-refractivity contribution in [1.82, 2.24) is 5.32 Å². The highest BCUT2D eigenvalue weighted by Crippen LogP contribution is 2.35. The van der Waals surface area contributed by atoms with Crippen molar-refractivity contribution in [2.75, 3.05) is 6.54 Å². The van der Waals surface area contributed by atoms with Crippen LogP contribution in [0.25, 0.3) is 0 Å². The highest BCUT2D eigenvalue weighted by molar-refractivity contribution is 9.10. The molecule has 1 N–H and O–H groups in total. The second kappa shape index (κ2) is 6.11. The average molecular weight is 349 g/mol. The zero-order valence-corrected chi connectivity index (χ0v) is 12.8. The Morgan fingerprint density at radius 3 is 2.39 bits per heavy atom. The zero-order chi connectivity index (χ0) is 13.1. The van der Waals surface area contributed by atoms with E-state index in [4.69, 9.17) is 27.6 Å². The van der Waals surface area contributed by atoms with Crippen molar-refractivity contribution in [1.29, 1.82) is 0 Å². The molecule has 1 unspecified atom stereocenters. The van der Waals surface area contributed by atoms with Crippen molar-refractivity contribution < 1.29 is 4.42 Å². The van der Waals surface area contributed by atoms with Crippen LogP contribution in [0, 0.1) is 0 Å². The van der Waals surface area contributed by atoms with Crippen molar-refractivity contribution in [2.24, 2.45) is 0 Å². The van der Waals surface area contributed by atoms with Crippen LogP contribution in [-0.2, 0) is 0 Å². The first-order valence-corrected chi connectivity index (χ1v) is 7.11. The molecule has 1 atom stereocenters. The van der Waals surface area contributed by atoms with Gasteiger partial charge in [0.15, 0.2) is 4.67 Å². The summed E-state index contributed by atoms with van der Waals surface area (Å²) < 4.78 is 6.28. The molecular weight excluding hydrogens is 337 g/mol. The minimum atomic E-state index is -0.150. The van der Waals surface area contributed by atoms with E-state index in [1.165, 1.54) is 0 Å². The van der Waals surface area contributed by atoms with Gasteiger partial charge in [-0.05, 0) is 46.7 Å². The van der Waals surface area contributed by atoms with Crippen LogP contribution in [0.3, 0.4) is 0 Å². The van der Waals surface area contributed by atoms with Crippen LogP contribution in [0.15, 0.2) is 39.4 Å². The maximum Gasteiger partial charge on any atom is 0.169 e. The number of furan rings is 1. The summed E-state index contributed by atoms with van der Waals surface area (Å²) in [6, 6.07) is 9.08. The van der Waals surface area contributed by atoms with Gasteiger partial charge < -0.3 is 9.73 Å². The Labute approximate surface area is 124 Å². The molecule has 0 bridgehead atoms. The van der Waals surface area contributed by atoms with Crippen LogP contribution in [-0.4, -0.2) is 6.54 Å². The molecule has 1 aromatic carbocycles. The fraction of sp³-hybridized carbons (Fsp3) is 0.231. The van der Waals surface area contributed by atoms with Crippen molar-refractivity contribution in [3.8, 4) is 0 Å². The zero-order valence-electron chi connectivity index (χ0n) is 9.71. The van der Waals surface area contributed by atoms with E-state index in [9.17, 15) is 0 Å². The van der Waals surface area contributed by atoms with Gasteiger partial charge in [0.1, 0.15) is 5.76 Å². The monoisotopic (exact) mass is 347 g/mol. The van der Waals surface area contributed by atoms with E-state index < -0.39 is 0 Å². The first-order valence-electron chi connectivity index (χ1n) is 5.56. The molecule has 2 nitrogen and oxygen atoms in total. The Bertz CT molecular complexity index is 521. The summed E-state index contributed by atoms with van der Waals surface area (Å²) in [6.07, 6.45) is 0. The van der Waals surface area contributed by atoms with E-state index in [0.29, 0.717) is 14.7 Å². The van der Waals surface area contributed by atoms with Gasteiger partial charge in [-0.25, -0.2) is 0 Å². The van der Waals surface area contributed by atoms with Crippen molar-refractivity contribution in [3.63, 3.8) is 0 Å². The van der Waals surface area contributed by atoms with Crippen molar-refractivity contribution >= 4 is 39.1 Å². The van der Waals surface area contributed by atoms with E-state index >= 15 is 0 Å². The predicted octanol–water partition coefficient (Wildman–Crippen LogP) is 5.05. The number of benzene rings is 1. The molecule has 0 spiro atoms. The van der Waals surface area contributed by atoms with Gasteiger partial charge in [0, 0.05) is 15.6 Å². The van der Waals surface area contributed by atoms with Crippen LogP contribution < -0.4 is 5.32 Å². The molecule has 0 amide bonds. The third-order valence-corrected chi connectivity index (χ3v) is 3.66. The number of hydrogen-bond donors (Lipinski definition) is 1. The van der Waals surface area contributed by atoms with Gasteiger partial charge in [0.2, 0.25) is 0 Å². The first-order chi connectivity index (χ1) is 8.63. The van der Waals surface area contributed by atoms with Crippen LogP contribution >= 0.6 is 39.1 Å². The second-order valence-electron chi connectivity index (χ2n) is 3.77. The lowest BCUT2D eigenvalue weighted by atomic mass is 10.0. The summed E-state index contributed by atoms with van der Waals surface area (Å²) in [6.45, 7) is 2.81. The largest absolute Gasteiger partial charge is 0.452 e. The minimum Gasteiger partial charge on any atom is -0.452 e. The molecule has 96 valence electrons. The smallest absolute Gasteiger partial charge is 0.169 e. The maximum atomic E-state index is 6.24. The molecule has 0 aliphatic carbocycles. The van der Waals surface area contributed by atoms with E-state index in [2.05, 4.69) is 21.2 Å². The van der Waals surface area contributed by atoms with Gasteiger partial charge in [-0.1, -0.05) is 36.2 Å². The van der Waals surface area contributed by atoms with Crippen LogP contribution in [0.4, 0.5) is 0 Å². The minimum absolute atomic E-state index is 0.150. The van der Waals surface area contributed by atoms with Gasteiger partial charge in [0.25, 0.3) is 0 Å². The summed E-state index contributed by atoms with van der Waals surface area (Å²) >= 11 is 15.8. The standard InChI is InChI=1S/C13H12BrCl2NO/c1-2-17-13(10-6-7-11(14)18-10)12-8(15)4-3-5-9(12)16/h3-7,13,17H,2H2,1H3. The lowest BCUT2D eigenvalue weighted by Crippen LogP contribution is -2.22. The van der Waals surface area contributed by atoms with Gasteiger partial charge in [-0.15, -0.1) is 0 Å². The molecule has 2 rings (SSSR count). The van der Waals surface area contributed by atoms with Crippen LogP contribution in [0.2, 0.25) is 10.0 Å². The molecule has 0 saturated carbocycles. The van der Waals surface area contributed by atoms with Gasteiger partial charge in [0.05, 0.1) is 6.04 Å². The van der Waals surface area contributed by atoms with Crippen molar-refractivity contribution in [3.05, 3.63) is 56.4 Å². The number of rotatable bonds is 4. The summed E-state index contributed by atoms with van der Waals surface area (Å²) in [5.74, 6) is 0.777. The molecule has 18 heavy (non-hydrogen) atoms. The maximum absolute atomic E-state index is 6.24. The number of nitrogens with one attached hydrogen (secondary N) is 1. The molecule has 0 radical (unpaired) electrons. The Morgan fingerprint density at radius 2 is 1.89 bits per heavy atom. The van der Waals surface area contributed by atoms with E-state index in [0.717, 1.165) is 17.9 Å².